The Balaban J connectivity index is 2.73. The van der Waals surface area contributed by atoms with Crippen LogP contribution in [0.5, 0.6) is 0 Å². The first-order valence-corrected chi connectivity index (χ1v) is 4.52. The van der Waals surface area contributed by atoms with Gasteiger partial charge in [-0.15, -0.1) is 0 Å². The summed E-state index contributed by atoms with van der Waals surface area (Å²) in [5.74, 6) is 0.394. The molecule has 0 aromatic heterocycles. The zero-order valence-electron chi connectivity index (χ0n) is 7.65. The van der Waals surface area contributed by atoms with Gasteiger partial charge in [-0.2, -0.15) is 0 Å². The quantitative estimate of drug-likeness (QED) is 0.650. The summed E-state index contributed by atoms with van der Waals surface area (Å²) in [5.41, 5.74) is -0.222. The molecule has 0 radical (unpaired) electrons. The number of nitrogens with one attached hydrogen (secondary N) is 1. The Morgan fingerprint density at radius 1 is 1.64 bits per heavy atom. The van der Waals surface area contributed by atoms with E-state index in [4.69, 9.17) is 0 Å². The van der Waals surface area contributed by atoms with Crippen LogP contribution in [0.25, 0.3) is 0 Å². The molecule has 1 aliphatic rings. The molecule has 1 saturated heterocycles. The van der Waals surface area contributed by atoms with Gasteiger partial charge in [-0.25, -0.2) is 4.39 Å². The lowest BCUT2D eigenvalue weighted by Crippen LogP contribution is -2.50. The summed E-state index contributed by atoms with van der Waals surface area (Å²) < 4.78 is 13.4. The molecule has 2 heteroatoms. The zero-order valence-corrected chi connectivity index (χ0v) is 7.65. The van der Waals surface area contributed by atoms with E-state index in [9.17, 15) is 4.39 Å². The van der Waals surface area contributed by atoms with Gasteiger partial charge in [-0.3, -0.25) is 0 Å². The molecule has 0 spiro atoms. The Morgan fingerprint density at radius 3 is 2.45 bits per heavy atom. The molecule has 1 aliphatic heterocycles. The standard InChI is InChI=1S/C9H18FN/c1-4-9(7(2)3)8(10)5-6-11-9/h7-8,11H,4-6H2,1-3H3. The van der Waals surface area contributed by atoms with Crippen LogP contribution in [0.15, 0.2) is 0 Å². The van der Waals surface area contributed by atoms with Gasteiger partial charge in [0, 0.05) is 0 Å². The topological polar surface area (TPSA) is 12.0 Å². The van der Waals surface area contributed by atoms with Gasteiger partial charge in [0.05, 0.1) is 5.54 Å². The van der Waals surface area contributed by atoms with Crippen molar-refractivity contribution < 1.29 is 4.39 Å². The van der Waals surface area contributed by atoms with E-state index in [-0.39, 0.29) is 5.54 Å². The summed E-state index contributed by atoms with van der Waals surface area (Å²) in [6.07, 6.45) is 0.935. The normalized spacial score (nSPS) is 38.5. The third-order valence-electron chi connectivity index (χ3n) is 3.03. The summed E-state index contributed by atoms with van der Waals surface area (Å²) >= 11 is 0. The number of hydrogen-bond donors (Lipinski definition) is 1. The molecule has 0 amide bonds. The molecule has 2 atom stereocenters. The smallest absolute Gasteiger partial charge is 0.120 e. The SMILES string of the molecule is CCC1(C(C)C)NCCC1F. The lowest BCUT2D eigenvalue weighted by molar-refractivity contribution is 0.142. The van der Waals surface area contributed by atoms with Crippen molar-refractivity contribution in [1.29, 1.82) is 0 Å². The Bertz CT molecular complexity index is 136. The molecule has 1 nitrogen and oxygen atoms in total. The van der Waals surface area contributed by atoms with Crippen molar-refractivity contribution in [2.45, 2.75) is 45.3 Å². The van der Waals surface area contributed by atoms with Crippen LogP contribution in [0.4, 0.5) is 4.39 Å². The van der Waals surface area contributed by atoms with Crippen molar-refractivity contribution in [1.82, 2.24) is 5.32 Å². The zero-order chi connectivity index (χ0) is 8.48. The molecule has 1 fully saturated rings. The molecule has 1 N–H and O–H groups in total. The molecule has 66 valence electrons. The van der Waals surface area contributed by atoms with Gasteiger partial charge >= 0.3 is 0 Å². The van der Waals surface area contributed by atoms with E-state index in [0.29, 0.717) is 12.3 Å². The summed E-state index contributed by atoms with van der Waals surface area (Å²) in [5, 5.41) is 3.29. The van der Waals surface area contributed by atoms with Gasteiger partial charge in [0.25, 0.3) is 0 Å². The van der Waals surface area contributed by atoms with Crippen LogP contribution in [0.2, 0.25) is 0 Å². The Hall–Kier alpha value is -0.110. The minimum absolute atomic E-state index is 0.222. The van der Waals surface area contributed by atoms with Crippen molar-refractivity contribution in [3.63, 3.8) is 0 Å². The van der Waals surface area contributed by atoms with E-state index in [1.165, 1.54) is 0 Å². The van der Waals surface area contributed by atoms with E-state index >= 15 is 0 Å². The molecular formula is C9H18FN. The van der Waals surface area contributed by atoms with Gasteiger partial charge in [0.2, 0.25) is 0 Å². The van der Waals surface area contributed by atoms with Crippen molar-refractivity contribution in [3.05, 3.63) is 0 Å². The predicted molar refractivity (Wildman–Crippen MR) is 45.4 cm³/mol. The highest BCUT2D eigenvalue weighted by Crippen LogP contribution is 2.33. The monoisotopic (exact) mass is 159 g/mol. The molecule has 1 heterocycles. The van der Waals surface area contributed by atoms with Crippen LogP contribution in [-0.4, -0.2) is 18.3 Å². The van der Waals surface area contributed by atoms with E-state index < -0.39 is 6.17 Å². The maximum Gasteiger partial charge on any atom is 0.120 e. The van der Waals surface area contributed by atoms with E-state index in [1.807, 2.05) is 0 Å². The summed E-state index contributed by atoms with van der Waals surface area (Å²) in [4.78, 5) is 0. The predicted octanol–water partition coefficient (Wildman–Crippen LogP) is 2.12. The van der Waals surface area contributed by atoms with Crippen LogP contribution in [0.3, 0.4) is 0 Å². The highest BCUT2D eigenvalue weighted by molar-refractivity contribution is 5.01. The van der Waals surface area contributed by atoms with Crippen molar-refractivity contribution in [2.75, 3.05) is 6.54 Å². The second kappa shape index (κ2) is 3.10. The number of halogens is 1. The van der Waals surface area contributed by atoms with Gasteiger partial charge in [-0.1, -0.05) is 20.8 Å². The van der Waals surface area contributed by atoms with Crippen LogP contribution in [-0.2, 0) is 0 Å². The second-order valence-corrected chi connectivity index (χ2v) is 3.73. The van der Waals surface area contributed by atoms with E-state index in [2.05, 4.69) is 26.1 Å². The Kier molecular flexibility index (Phi) is 2.53. The minimum atomic E-state index is -0.646. The number of alkyl halides is 1. The number of rotatable bonds is 2. The first kappa shape index (κ1) is 8.98. The maximum absolute atomic E-state index is 13.4. The first-order valence-electron chi connectivity index (χ1n) is 4.52. The minimum Gasteiger partial charge on any atom is -0.308 e. The third kappa shape index (κ3) is 1.28. The molecule has 11 heavy (non-hydrogen) atoms. The van der Waals surface area contributed by atoms with Crippen LogP contribution in [0.1, 0.15) is 33.6 Å². The molecule has 0 saturated carbocycles. The molecule has 0 bridgehead atoms. The van der Waals surface area contributed by atoms with Gasteiger partial charge in [-0.05, 0) is 25.3 Å². The lowest BCUT2D eigenvalue weighted by atomic mass is 9.81. The summed E-state index contributed by atoms with van der Waals surface area (Å²) in [6, 6.07) is 0. The lowest BCUT2D eigenvalue weighted by Gasteiger charge is -2.34. The van der Waals surface area contributed by atoms with Crippen LogP contribution < -0.4 is 5.32 Å². The molecule has 0 aromatic carbocycles. The van der Waals surface area contributed by atoms with E-state index in [1.54, 1.807) is 0 Å². The second-order valence-electron chi connectivity index (χ2n) is 3.73. The summed E-state index contributed by atoms with van der Waals surface area (Å²) in [6.45, 7) is 7.08. The Morgan fingerprint density at radius 2 is 2.27 bits per heavy atom. The average molecular weight is 159 g/mol. The maximum atomic E-state index is 13.4. The van der Waals surface area contributed by atoms with Crippen molar-refractivity contribution in [3.8, 4) is 0 Å². The Labute approximate surface area is 68.4 Å². The molecular weight excluding hydrogens is 141 g/mol. The molecule has 0 aromatic rings. The molecule has 1 rings (SSSR count). The van der Waals surface area contributed by atoms with Gasteiger partial charge in [0.15, 0.2) is 0 Å². The average Bonchev–Trinajstić information content (AvgIpc) is 2.32. The van der Waals surface area contributed by atoms with Crippen molar-refractivity contribution in [2.24, 2.45) is 5.92 Å². The highest BCUT2D eigenvalue weighted by Gasteiger charge is 2.43. The summed E-state index contributed by atoms with van der Waals surface area (Å²) in [7, 11) is 0. The fourth-order valence-electron chi connectivity index (χ4n) is 2.12. The van der Waals surface area contributed by atoms with Crippen molar-refractivity contribution >= 4 is 0 Å². The largest absolute Gasteiger partial charge is 0.308 e. The third-order valence-corrected chi connectivity index (χ3v) is 3.03. The highest BCUT2D eigenvalue weighted by atomic mass is 19.1. The van der Waals surface area contributed by atoms with Crippen LogP contribution >= 0.6 is 0 Å². The van der Waals surface area contributed by atoms with Gasteiger partial charge in [0.1, 0.15) is 6.17 Å². The number of hydrogen-bond acceptors (Lipinski definition) is 1. The van der Waals surface area contributed by atoms with Gasteiger partial charge < -0.3 is 5.32 Å². The first-order chi connectivity index (χ1) is 5.13. The molecule has 0 aliphatic carbocycles. The van der Waals surface area contributed by atoms with Crippen LogP contribution in [0, 0.1) is 5.92 Å². The fraction of sp³-hybridized carbons (Fsp3) is 1.00. The fourth-order valence-corrected chi connectivity index (χ4v) is 2.12. The van der Waals surface area contributed by atoms with E-state index in [0.717, 1.165) is 13.0 Å². The molecule has 2 unspecified atom stereocenters.